The standard InChI is InChI=1S/C17H16F2N2/c1-12-8-14(18)4-5-16(12)17-9-15(19)3-2-13(17)10-21-7-6-20-11-21/h2-9,20H,10-11H2,1H3. The van der Waals surface area contributed by atoms with Gasteiger partial charge in [0.1, 0.15) is 11.6 Å². The largest absolute Gasteiger partial charge is 0.373 e. The Morgan fingerprint density at radius 1 is 1.05 bits per heavy atom. The first-order valence-electron chi connectivity index (χ1n) is 6.82. The summed E-state index contributed by atoms with van der Waals surface area (Å²) in [5.41, 5.74) is 3.49. The summed E-state index contributed by atoms with van der Waals surface area (Å²) < 4.78 is 26.9. The second kappa shape index (κ2) is 5.56. The Bertz CT molecular complexity index is 695. The van der Waals surface area contributed by atoms with E-state index in [1.54, 1.807) is 12.1 Å². The fourth-order valence-corrected chi connectivity index (χ4v) is 2.57. The average Bonchev–Trinajstić information content (AvgIpc) is 2.94. The Labute approximate surface area is 122 Å². The summed E-state index contributed by atoms with van der Waals surface area (Å²) in [5.74, 6) is -0.562. The van der Waals surface area contributed by atoms with Gasteiger partial charge in [-0.05, 0) is 53.4 Å². The number of halogens is 2. The van der Waals surface area contributed by atoms with Crippen LogP contribution in [0.2, 0.25) is 0 Å². The summed E-state index contributed by atoms with van der Waals surface area (Å²) >= 11 is 0. The lowest BCUT2D eigenvalue weighted by Gasteiger charge is -2.18. The van der Waals surface area contributed by atoms with E-state index in [2.05, 4.69) is 10.2 Å². The van der Waals surface area contributed by atoms with Crippen molar-refractivity contribution >= 4 is 0 Å². The summed E-state index contributed by atoms with van der Waals surface area (Å²) in [7, 11) is 0. The maximum absolute atomic E-state index is 13.6. The van der Waals surface area contributed by atoms with Crippen molar-refractivity contribution < 1.29 is 8.78 Å². The van der Waals surface area contributed by atoms with Crippen LogP contribution in [0.4, 0.5) is 8.78 Å². The van der Waals surface area contributed by atoms with Gasteiger partial charge in [0.25, 0.3) is 0 Å². The molecule has 0 saturated heterocycles. The molecule has 0 radical (unpaired) electrons. The number of benzene rings is 2. The Morgan fingerprint density at radius 3 is 2.52 bits per heavy atom. The fourth-order valence-electron chi connectivity index (χ4n) is 2.57. The lowest BCUT2D eigenvalue weighted by atomic mass is 9.95. The van der Waals surface area contributed by atoms with Gasteiger partial charge in [0.05, 0.1) is 6.67 Å². The van der Waals surface area contributed by atoms with Gasteiger partial charge in [0.2, 0.25) is 0 Å². The molecule has 0 atom stereocenters. The van der Waals surface area contributed by atoms with Gasteiger partial charge in [-0.1, -0.05) is 12.1 Å². The highest BCUT2D eigenvalue weighted by Crippen LogP contribution is 2.29. The van der Waals surface area contributed by atoms with Crippen LogP contribution in [0.1, 0.15) is 11.1 Å². The molecule has 0 fully saturated rings. The van der Waals surface area contributed by atoms with E-state index in [1.807, 2.05) is 19.3 Å². The molecule has 0 bridgehead atoms. The molecule has 0 amide bonds. The van der Waals surface area contributed by atoms with Crippen LogP contribution in [0.15, 0.2) is 48.8 Å². The summed E-state index contributed by atoms with van der Waals surface area (Å²) in [5, 5.41) is 3.10. The summed E-state index contributed by atoms with van der Waals surface area (Å²) in [6, 6.07) is 9.37. The van der Waals surface area contributed by atoms with Gasteiger partial charge in [-0.3, -0.25) is 0 Å². The molecule has 2 aromatic carbocycles. The number of nitrogens with zero attached hydrogens (tertiary/aromatic N) is 1. The van der Waals surface area contributed by atoms with Crippen molar-refractivity contribution in [2.75, 3.05) is 6.67 Å². The van der Waals surface area contributed by atoms with Gasteiger partial charge in [0.15, 0.2) is 0 Å². The lowest BCUT2D eigenvalue weighted by Crippen LogP contribution is -2.20. The topological polar surface area (TPSA) is 15.3 Å². The molecule has 1 N–H and O–H groups in total. The SMILES string of the molecule is Cc1cc(F)ccc1-c1cc(F)ccc1CN1C=CNC1. The molecular formula is C17H16F2N2. The normalized spacial score (nSPS) is 13.6. The third-order valence-corrected chi connectivity index (χ3v) is 3.62. The van der Waals surface area contributed by atoms with E-state index < -0.39 is 0 Å². The molecule has 2 nitrogen and oxygen atoms in total. The van der Waals surface area contributed by atoms with Crippen LogP contribution in [-0.4, -0.2) is 11.6 Å². The molecule has 0 spiro atoms. The Balaban J connectivity index is 2.03. The predicted molar refractivity (Wildman–Crippen MR) is 79.2 cm³/mol. The minimum atomic E-state index is -0.285. The van der Waals surface area contributed by atoms with Crippen molar-refractivity contribution in [2.45, 2.75) is 13.5 Å². The second-order valence-corrected chi connectivity index (χ2v) is 5.19. The highest BCUT2D eigenvalue weighted by Gasteiger charge is 2.13. The molecule has 0 aromatic heterocycles. The summed E-state index contributed by atoms with van der Waals surface area (Å²) in [4.78, 5) is 2.09. The van der Waals surface area contributed by atoms with Gasteiger partial charge in [-0.15, -0.1) is 0 Å². The molecule has 0 aliphatic carbocycles. The minimum Gasteiger partial charge on any atom is -0.373 e. The Morgan fingerprint density at radius 2 is 1.81 bits per heavy atom. The van der Waals surface area contributed by atoms with Crippen LogP contribution in [0, 0.1) is 18.6 Å². The van der Waals surface area contributed by atoms with Crippen molar-refractivity contribution in [1.29, 1.82) is 0 Å². The molecule has 2 aromatic rings. The smallest absolute Gasteiger partial charge is 0.123 e. The van der Waals surface area contributed by atoms with Crippen molar-refractivity contribution in [3.8, 4) is 11.1 Å². The van der Waals surface area contributed by atoms with E-state index in [9.17, 15) is 8.78 Å². The van der Waals surface area contributed by atoms with E-state index in [4.69, 9.17) is 0 Å². The van der Waals surface area contributed by atoms with E-state index in [-0.39, 0.29) is 11.6 Å². The fraction of sp³-hybridized carbons (Fsp3) is 0.176. The van der Waals surface area contributed by atoms with Gasteiger partial charge in [-0.25, -0.2) is 8.78 Å². The van der Waals surface area contributed by atoms with Crippen LogP contribution < -0.4 is 5.32 Å². The number of rotatable bonds is 3. The highest BCUT2D eigenvalue weighted by molar-refractivity contribution is 5.70. The molecule has 108 valence electrons. The van der Waals surface area contributed by atoms with Crippen LogP contribution in [0.5, 0.6) is 0 Å². The van der Waals surface area contributed by atoms with Crippen LogP contribution in [-0.2, 0) is 6.54 Å². The zero-order valence-electron chi connectivity index (χ0n) is 11.7. The first kappa shape index (κ1) is 13.6. The molecule has 3 rings (SSSR count). The van der Waals surface area contributed by atoms with E-state index in [0.717, 1.165) is 28.9 Å². The van der Waals surface area contributed by atoms with Crippen molar-refractivity contribution in [3.05, 3.63) is 71.6 Å². The molecule has 1 heterocycles. The minimum absolute atomic E-state index is 0.277. The van der Waals surface area contributed by atoms with Crippen molar-refractivity contribution in [3.63, 3.8) is 0 Å². The molecule has 0 saturated carbocycles. The number of hydrogen-bond acceptors (Lipinski definition) is 2. The number of nitrogens with one attached hydrogen (secondary N) is 1. The third-order valence-electron chi connectivity index (χ3n) is 3.62. The Hall–Kier alpha value is -2.36. The maximum atomic E-state index is 13.6. The Kier molecular flexibility index (Phi) is 3.60. The van der Waals surface area contributed by atoms with Crippen molar-refractivity contribution in [1.82, 2.24) is 10.2 Å². The van der Waals surface area contributed by atoms with E-state index in [0.29, 0.717) is 6.54 Å². The number of aryl methyl sites for hydroxylation is 1. The molecule has 0 unspecified atom stereocenters. The molecule has 1 aliphatic heterocycles. The lowest BCUT2D eigenvalue weighted by molar-refractivity contribution is 0.385. The van der Waals surface area contributed by atoms with Crippen molar-refractivity contribution in [2.24, 2.45) is 0 Å². The monoisotopic (exact) mass is 286 g/mol. The van der Waals surface area contributed by atoms with Crippen LogP contribution >= 0.6 is 0 Å². The first-order valence-corrected chi connectivity index (χ1v) is 6.82. The number of hydrogen-bond donors (Lipinski definition) is 1. The summed E-state index contributed by atoms with van der Waals surface area (Å²) in [6.07, 6.45) is 3.84. The molecular weight excluding hydrogens is 270 g/mol. The molecule has 21 heavy (non-hydrogen) atoms. The quantitative estimate of drug-likeness (QED) is 0.924. The van der Waals surface area contributed by atoms with E-state index >= 15 is 0 Å². The maximum Gasteiger partial charge on any atom is 0.123 e. The zero-order chi connectivity index (χ0) is 14.8. The van der Waals surface area contributed by atoms with Gasteiger partial charge < -0.3 is 10.2 Å². The van der Waals surface area contributed by atoms with Crippen LogP contribution in [0.3, 0.4) is 0 Å². The predicted octanol–water partition coefficient (Wildman–Crippen LogP) is 3.77. The molecule has 4 heteroatoms. The second-order valence-electron chi connectivity index (χ2n) is 5.19. The van der Waals surface area contributed by atoms with Gasteiger partial charge in [0, 0.05) is 18.9 Å². The van der Waals surface area contributed by atoms with Crippen LogP contribution in [0.25, 0.3) is 11.1 Å². The first-order chi connectivity index (χ1) is 10.1. The summed E-state index contributed by atoms with van der Waals surface area (Å²) in [6.45, 7) is 3.25. The zero-order valence-corrected chi connectivity index (χ0v) is 11.7. The third kappa shape index (κ3) is 2.89. The molecule has 1 aliphatic rings. The average molecular weight is 286 g/mol. The van der Waals surface area contributed by atoms with Gasteiger partial charge in [-0.2, -0.15) is 0 Å². The van der Waals surface area contributed by atoms with E-state index in [1.165, 1.54) is 24.3 Å². The van der Waals surface area contributed by atoms with Gasteiger partial charge >= 0.3 is 0 Å². The highest BCUT2D eigenvalue weighted by atomic mass is 19.1.